The summed E-state index contributed by atoms with van der Waals surface area (Å²) in [6, 6.07) is 9.04. The van der Waals surface area contributed by atoms with Gasteiger partial charge in [0.25, 0.3) is 0 Å². The zero-order chi connectivity index (χ0) is 18.3. The second kappa shape index (κ2) is 7.04. The summed E-state index contributed by atoms with van der Waals surface area (Å²) in [5.41, 5.74) is 1.40. The van der Waals surface area contributed by atoms with Crippen LogP contribution in [0.15, 0.2) is 30.6 Å². The van der Waals surface area contributed by atoms with Gasteiger partial charge in [-0.25, -0.2) is 4.98 Å². The zero-order valence-electron chi connectivity index (χ0n) is 15.7. The van der Waals surface area contributed by atoms with Gasteiger partial charge in [-0.1, -0.05) is 18.2 Å². The molecule has 5 rings (SSSR count). The van der Waals surface area contributed by atoms with Crippen LogP contribution in [-0.4, -0.2) is 65.8 Å². The molecule has 0 N–H and O–H groups in total. The number of anilines is 1. The Kier molecular flexibility index (Phi) is 4.53. The normalized spacial score (nSPS) is 25.7. The fourth-order valence-electron chi connectivity index (χ4n) is 4.95. The number of likely N-dealkylation sites (tertiary alicyclic amines) is 1. The van der Waals surface area contributed by atoms with Gasteiger partial charge < -0.3 is 14.4 Å². The molecule has 4 heterocycles. The molecular formula is C20H26N4O2S. The summed E-state index contributed by atoms with van der Waals surface area (Å²) < 4.78 is 15.9. The highest BCUT2D eigenvalue weighted by Crippen LogP contribution is 2.41. The first kappa shape index (κ1) is 17.4. The lowest BCUT2D eigenvalue weighted by Crippen LogP contribution is -2.62. The van der Waals surface area contributed by atoms with Crippen molar-refractivity contribution in [3.8, 4) is 5.75 Å². The highest BCUT2D eigenvalue weighted by molar-refractivity contribution is 7.09. The van der Waals surface area contributed by atoms with E-state index in [-0.39, 0.29) is 5.60 Å². The summed E-state index contributed by atoms with van der Waals surface area (Å²) in [6.45, 7) is 5.07. The number of piperidine rings is 1. The van der Waals surface area contributed by atoms with Gasteiger partial charge in [-0.05, 0) is 49.9 Å². The van der Waals surface area contributed by atoms with Crippen molar-refractivity contribution >= 4 is 16.7 Å². The maximum atomic E-state index is 6.27. The average Bonchev–Trinajstić information content (AvgIpc) is 3.37. The number of ether oxygens (including phenoxy) is 2. The van der Waals surface area contributed by atoms with Gasteiger partial charge in [0.2, 0.25) is 5.13 Å². The molecule has 3 saturated heterocycles. The van der Waals surface area contributed by atoms with Crippen molar-refractivity contribution < 1.29 is 9.47 Å². The van der Waals surface area contributed by atoms with E-state index in [2.05, 4.69) is 43.4 Å². The van der Waals surface area contributed by atoms with Crippen molar-refractivity contribution in [2.24, 2.45) is 0 Å². The third-order valence-electron chi connectivity index (χ3n) is 6.39. The predicted molar refractivity (Wildman–Crippen MR) is 106 cm³/mol. The van der Waals surface area contributed by atoms with E-state index in [4.69, 9.17) is 9.47 Å². The van der Waals surface area contributed by atoms with Crippen LogP contribution in [0.25, 0.3) is 0 Å². The average molecular weight is 387 g/mol. The molecule has 144 valence electrons. The van der Waals surface area contributed by atoms with Crippen molar-refractivity contribution in [1.29, 1.82) is 0 Å². The number of para-hydroxylation sites is 1. The van der Waals surface area contributed by atoms with Crippen LogP contribution in [0.5, 0.6) is 5.75 Å². The molecule has 0 bridgehead atoms. The van der Waals surface area contributed by atoms with Crippen molar-refractivity contribution in [3.05, 3.63) is 36.2 Å². The molecule has 1 aromatic heterocycles. The Morgan fingerprint density at radius 3 is 2.78 bits per heavy atom. The van der Waals surface area contributed by atoms with E-state index in [0.29, 0.717) is 12.0 Å². The summed E-state index contributed by atoms with van der Waals surface area (Å²) in [4.78, 5) is 9.24. The summed E-state index contributed by atoms with van der Waals surface area (Å²) in [5.74, 6) is 1.63. The first-order valence-corrected chi connectivity index (χ1v) is 10.6. The number of aromatic nitrogens is 2. The monoisotopic (exact) mass is 386 g/mol. The Labute approximate surface area is 164 Å². The van der Waals surface area contributed by atoms with Crippen LogP contribution < -0.4 is 9.64 Å². The molecule has 0 unspecified atom stereocenters. The number of methoxy groups -OCH3 is 1. The molecule has 7 heteroatoms. The Bertz CT molecular complexity index is 770. The molecule has 6 nitrogen and oxygen atoms in total. The first-order valence-electron chi connectivity index (χ1n) is 9.79. The Hall–Kier alpha value is -1.70. The maximum Gasteiger partial charge on any atom is 0.205 e. The van der Waals surface area contributed by atoms with Gasteiger partial charge in [-0.15, -0.1) is 0 Å². The molecule has 0 saturated carbocycles. The van der Waals surface area contributed by atoms with Crippen LogP contribution >= 0.6 is 11.5 Å². The first-order chi connectivity index (χ1) is 13.3. The highest BCUT2D eigenvalue weighted by atomic mass is 32.1. The topological polar surface area (TPSA) is 50.7 Å². The molecule has 0 radical (unpaired) electrons. The molecule has 3 aliphatic rings. The molecule has 0 amide bonds. The minimum Gasteiger partial charge on any atom is -0.496 e. The summed E-state index contributed by atoms with van der Waals surface area (Å²) in [6.07, 6.45) is 5.17. The fourth-order valence-corrected chi connectivity index (χ4v) is 5.47. The van der Waals surface area contributed by atoms with Gasteiger partial charge in [-0.2, -0.15) is 4.37 Å². The van der Waals surface area contributed by atoms with E-state index in [9.17, 15) is 0 Å². The summed E-state index contributed by atoms with van der Waals surface area (Å²) in [5, 5.41) is 1.02. The number of benzene rings is 1. The summed E-state index contributed by atoms with van der Waals surface area (Å²) >= 11 is 1.47. The van der Waals surface area contributed by atoms with Crippen molar-refractivity contribution in [2.75, 3.05) is 44.8 Å². The smallest absolute Gasteiger partial charge is 0.205 e. The molecule has 3 fully saturated rings. The predicted octanol–water partition coefficient (Wildman–Crippen LogP) is 2.77. The fraction of sp³-hybridized carbons (Fsp3) is 0.600. The van der Waals surface area contributed by atoms with Crippen LogP contribution in [0.2, 0.25) is 0 Å². The third-order valence-corrected chi connectivity index (χ3v) is 7.12. The van der Waals surface area contributed by atoms with Crippen LogP contribution in [0.4, 0.5) is 5.13 Å². The Balaban J connectivity index is 1.16. The molecule has 0 aliphatic carbocycles. The molecule has 2 aromatic rings. The Morgan fingerprint density at radius 2 is 2.04 bits per heavy atom. The molecule has 1 atom stereocenters. The van der Waals surface area contributed by atoms with Crippen molar-refractivity contribution in [1.82, 2.24) is 14.3 Å². The van der Waals surface area contributed by atoms with Gasteiger partial charge in [-0.3, -0.25) is 4.90 Å². The van der Waals surface area contributed by atoms with Crippen LogP contribution in [-0.2, 0) is 4.74 Å². The van der Waals surface area contributed by atoms with Crippen LogP contribution in [0, 0.1) is 0 Å². The van der Waals surface area contributed by atoms with E-state index >= 15 is 0 Å². The SMILES string of the molecule is COc1ccccc1C1CCN([C@@H]2COC3(C2)CN(c2ncns2)C3)CC1. The van der Waals surface area contributed by atoms with Gasteiger partial charge in [0, 0.05) is 17.6 Å². The standard InChI is InChI=1S/C20H26N4O2S/c1-25-18-5-3-2-4-17(18)15-6-8-23(9-7-15)16-10-20(26-11-16)12-24(13-20)19-21-14-22-27-19/h2-5,14-16H,6-13H2,1H3/t16-/m0/s1. The number of nitrogens with zero attached hydrogens (tertiary/aromatic N) is 4. The van der Waals surface area contributed by atoms with E-state index in [1.165, 1.54) is 29.9 Å². The number of hydrogen-bond donors (Lipinski definition) is 0. The van der Waals surface area contributed by atoms with Crippen LogP contribution in [0.3, 0.4) is 0 Å². The van der Waals surface area contributed by atoms with Crippen LogP contribution in [0.1, 0.15) is 30.7 Å². The van der Waals surface area contributed by atoms with Gasteiger partial charge >= 0.3 is 0 Å². The maximum absolute atomic E-state index is 6.27. The van der Waals surface area contributed by atoms with Gasteiger partial charge in [0.05, 0.1) is 26.8 Å². The molecule has 3 aliphatic heterocycles. The molecule has 1 spiro atoms. The largest absolute Gasteiger partial charge is 0.496 e. The third kappa shape index (κ3) is 3.22. The lowest BCUT2D eigenvalue weighted by molar-refractivity contribution is -0.0194. The number of rotatable bonds is 4. The van der Waals surface area contributed by atoms with E-state index in [1.54, 1.807) is 13.4 Å². The molecule has 27 heavy (non-hydrogen) atoms. The zero-order valence-corrected chi connectivity index (χ0v) is 16.5. The minimum atomic E-state index is 0.0375. The quantitative estimate of drug-likeness (QED) is 0.805. The number of hydrogen-bond acceptors (Lipinski definition) is 7. The van der Waals surface area contributed by atoms with E-state index in [1.807, 2.05) is 0 Å². The second-order valence-electron chi connectivity index (χ2n) is 7.98. The molecular weight excluding hydrogens is 360 g/mol. The molecule has 1 aromatic carbocycles. The van der Waals surface area contributed by atoms with Gasteiger partial charge in [0.15, 0.2) is 0 Å². The lowest BCUT2D eigenvalue weighted by Gasteiger charge is -2.47. The van der Waals surface area contributed by atoms with E-state index in [0.717, 1.165) is 50.1 Å². The Morgan fingerprint density at radius 1 is 1.22 bits per heavy atom. The van der Waals surface area contributed by atoms with Crippen molar-refractivity contribution in [2.45, 2.75) is 36.8 Å². The van der Waals surface area contributed by atoms with E-state index < -0.39 is 0 Å². The van der Waals surface area contributed by atoms with Gasteiger partial charge in [0.1, 0.15) is 17.7 Å². The minimum absolute atomic E-state index is 0.0375. The highest BCUT2D eigenvalue weighted by Gasteiger charge is 2.51. The summed E-state index contributed by atoms with van der Waals surface area (Å²) in [7, 11) is 1.77. The lowest BCUT2D eigenvalue weighted by atomic mass is 9.86. The van der Waals surface area contributed by atoms with Crippen molar-refractivity contribution in [3.63, 3.8) is 0 Å². The second-order valence-corrected chi connectivity index (χ2v) is 8.74.